The highest BCUT2D eigenvalue weighted by molar-refractivity contribution is 6.05. The topological polar surface area (TPSA) is 121 Å². The zero-order valence-corrected chi connectivity index (χ0v) is 19.7. The highest BCUT2D eigenvalue weighted by Gasteiger charge is 2.44. The summed E-state index contributed by atoms with van der Waals surface area (Å²) in [6, 6.07) is 7.26. The van der Waals surface area contributed by atoms with Crippen molar-refractivity contribution in [2.45, 2.75) is 56.7 Å². The molecule has 3 amide bonds. The summed E-state index contributed by atoms with van der Waals surface area (Å²) in [4.78, 5) is 44.8. The molecule has 4 aliphatic heterocycles. The number of pyridine rings is 1. The van der Waals surface area contributed by atoms with Gasteiger partial charge in [0.25, 0.3) is 5.91 Å². The first-order valence-electron chi connectivity index (χ1n) is 12.1. The Morgan fingerprint density at radius 1 is 1.08 bits per heavy atom. The number of nitrogens with one attached hydrogen (secondary N) is 1. The lowest BCUT2D eigenvalue weighted by atomic mass is 9.87. The molecule has 2 N–H and O–H groups in total. The van der Waals surface area contributed by atoms with Crippen LogP contribution in [0.15, 0.2) is 30.3 Å². The number of fused-ring (bicyclic) bond motifs is 2. The number of halogens is 2. The van der Waals surface area contributed by atoms with Gasteiger partial charge in [0.05, 0.1) is 23.5 Å². The van der Waals surface area contributed by atoms with E-state index in [0.717, 1.165) is 5.56 Å². The van der Waals surface area contributed by atoms with Crippen LogP contribution in [0.2, 0.25) is 0 Å². The van der Waals surface area contributed by atoms with Gasteiger partial charge < -0.3 is 19.5 Å². The number of aliphatic hydroxyl groups is 1. The fourth-order valence-electron chi connectivity index (χ4n) is 5.38. The summed E-state index contributed by atoms with van der Waals surface area (Å²) in [6.07, 6.45) is -2.43. The maximum atomic E-state index is 13.3. The molecule has 37 heavy (non-hydrogen) atoms. The van der Waals surface area contributed by atoms with Crippen LogP contribution in [0.5, 0.6) is 11.5 Å². The normalized spacial score (nSPS) is 24.2. The number of imide groups is 1. The van der Waals surface area contributed by atoms with Gasteiger partial charge in [-0.05, 0) is 49.1 Å². The lowest BCUT2D eigenvalue weighted by Gasteiger charge is -2.38. The molecule has 0 bridgehead atoms. The van der Waals surface area contributed by atoms with Crippen LogP contribution >= 0.6 is 0 Å². The van der Waals surface area contributed by atoms with Gasteiger partial charge in [-0.25, -0.2) is 0 Å². The number of alkyl halides is 2. The number of piperidine rings is 2. The first-order chi connectivity index (χ1) is 17.6. The number of ether oxygens (including phenoxy) is 2. The van der Waals surface area contributed by atoms with Gasteiger partial charge in [-0.2, -0.15) is 0 Å². The van der Waals surface area contributed by atoms with Gasteiger partial charge in [0.1, 0.15) is 11.6 Å². The van der Waals surface area contributed by atoms with E-state index in [1.54, 1.807) is 18.2 Å². The van der Waals surface area contributed by atoms with Gasteiger partial charge >= 0.3 is 6.29 Å². The van der Waals surface area contributed by atoms with Crippen LogP contribution < -0.4 is 14.8 Å². The number of amides is 3. The van der Waals surface area contributed by atoms with Crippen molar-refractivity contribution in [2.24, 2.45) is 0 Å². The van der Waals surface area contributed by atoms with Crippen LogP contribution in [-0.2, 0) is 28.3 Å². The molecule has 1 atom stereocenters. The van der Waals surface area contributed by atoms with Crippen molar-refractivity contribution < 1.29 is 37.7 Å². The second-order valence-electron chi connectivity index (χ2n) is 9.85. The van der Waals surface area contributed by atoms with E-state index >= 15 is 0 Å². The molecule has 0 saturated carbocycles. The second kappa shape index (κ2) is 8.45. The summed E-state index contributed by atoms with van der Waals surface area (Å²) in [6.45, 7) is 1.72. The molecule has 1 aromatic carbocycles. The molecule has 1 unspecified atom stereocenters. The molecule has 12 heteroatoms. The summed E-state index contributed by atoms with van der Waals surface area (Å²) in [5.74, 6) is -1.15. The third-order valence-electron chi connectivity index (χ3n) is 7.40. The third kappa shape index (κ3) is 4.29. The highest BCUT2D eigenvalue weighted by Crippen LogP contribution is 2.42. The van der Waals surface area contributed by atoms with E-state index in [0.29, 0.717) is 49.4 Å². The molecule has 1 aromatic heterocycles. The average molecular weight is 514 g/mol. The Morgan fingerprint density at radius 2 is 1.84 bits per heavy atom. The fraction of sp³-hybridized carbons (Fsp3) is 0.440. The fourth-order valence-corrected chi connectivity index (χ4v) is 5.38. The van der Waals surface area contributed by atoms with E-state index in [1.165, 1.54) is 17.0 Å². The Labute approximate surface area is 210 Å². The van der Waals surface area contributed by atoms with E-state index in [4.69, 9.17) is 0 Å². The first kappa shape index (κ1) is 23.7. The molecule has 2 aromatic rings. The maximum absolute atomic E-state index is 13.3. The monoisotopic (exact) mass is 514 g/mol. The van der Waals surface area contributed by atoms with Crippen LogP contribution in [0.1, 0.15) is 53.0 Å². The molecular weight excluding hydrogens is 490 g/mol. The van der Waals surface area contributed by atoms with E-state index in [2.05, 4.69) is 24.7 Å². The molecule has 2 fully saturated rings. The molecule has 194 valence electrons. The van der Waals surface area contributed by atoms with Gasteiger partial charge in [-0.1, -0.05) is 6.07 Å². The Hall–Kier alpha value is -3.64. The minimum absolute atomic E-state index is 0.000691. The summed E-state index contributed by atoms with van der Waals surface area (Å²) in [7, 11) is 0. The van der Waals surface area contributed by atoms with E-state index in [9.17, 15) is 28.3 Å². The quantitative estimate of drug-likeness (QED) is 0.591. The Bertz CT molecular complexity index is 1310. The number of carbonyl (C=O) groups excluding carboxylic acids is 3. The number of carbonyl (C=O) groups is 3. The molecule has 0 aliphatic carbocycles. The van der Waals surface area contributed by atoms with E-state index in [-0.39, 0.29) is 42.7 Å². The lowest BCUT2D eigenvalue weighted by Crippen LogP contribution is -2.52. The zero-order valence-electron chi connectivity index (χ0n) is 19.7. The van der Waals surface area contributed by atoms with Crippen LogP contribution in [0.3, 0.4) is 0 Å². The highest BCUT2D eigenvalue weighted by atomic mass is 19.3. The standard InChI is InChI=1S/C25H24F2N4O6/c26-25(27)36-18-4-1-14(11-19(18)37-25)12-30-9-7-24(35,8-10-30)20-5-2-15-16(28-20)13-31(23(15)34)17-3-6-21(32)29-22(17)33/h1-2,4-5,11,17,35H,3,6-10,12-13H2,(H,29,32,33). The first-order valence-corrected chi connectivity index (χ1v) is 12.1. The number of benzene rings is 1. The number of hydrogen-bond acceptors (Lipinski definition) is 8. The van der Waals surface area contributed by atoms with Crippen LogP contribution in [0.25, 0.3) is 0 Å². The number of hydrogen-bond donors (Lipinski definition) is 2. The van der Waals surface area contributed by atoms with Crippen LogP contribution in [-0.4, -0.2) is 63.0 Å². The Kier molecular flexibility index (Phi) is 5.42. The number of likely N-dealkylation sites (tertiary alicyclic amines) is 1. The van der Waals surface area contributed by atoms with Crippen molar-refractivity contribution in [3.8, 4) is 11.5 Å². The van der Waals surface area contributed by atoms with E-state index < -0.39 is 23.8 Å². The SMILES string of the molecule is O=C1CCC(N2Cc3nc(C4(O)CCN(Cc5ccc6c(c5)OC(F)(F)O6)CC4)ccc3C2=O)C(=O)N1. The summed E-state index contributed by atoms with van der Waals surface area (Å²) < 4.78 is 35.5. The summed E-state index contributed by atoms with van der Waals surface area (Å²) in [5, 5.41) is 13.7. The minimum atomic E-state index is -3.66. The minimum Gasteiger partial charge on any atom is -0.395 e. The number of nitrogens with zero attached hydrogens (tertiary/aromatic N) is 3. The third-order valence-corrected chi connectivity index (χ3v) is 7.40. The van der Waals surface area contributed by atoms with Gasteiger partial charge in [0.2, 0.25) is 11.8 Å². The van der Waals surface area contributed by atoms with Crippen molar-refractivity contribution in [3.63, 3.8) is 0 Å². The van der Waals surface area contributed by atoms with Crippen molar-refractivity contribution in [2.75, 3.05) is 13.1 Å². The Balaban J connectivity index is 1.11. The van der Waals surface area contributed by atoms with E-state index in [1.807, 2.05) is 0 Å². The van der Waals surface area contributed by atoms with Gasteiger partial charge in [-0.3, -0.25) is 29.6 Å². The molecule has 5 heterocycles. The molecule has 2 saturated heterocycles. The lowest BCUT2D eigenvalue weighted by molar-refractivity contribution is -0.286. The van der Waals surface area contributed by atoms with Crippen LogP contribution in [0, 0.1) is 0 Å². The molecule has 10 nitrogen and oxygen atoms in total. The average Bonchev–Trinajstić information content (AvgIpc) is 3.34. The van der Waals surface area contributed by atoms with Gasteiger partial charge in [0, 0.05) is 26.1 Å². The van der Waals surface area contributed by atoms with Crippen molar-refractivity contribution in [3.05, 3.63) is 52.8 Å². The predicted octanol–water partition coefficient (Wildman–Crippen LogP) is 1.65. The Morgan fingerprint density at radius 3 is 2.59 bits per heavy atom. The summed E-state index contributed by atoms with van der Waals surface area (Å²) in [5.41, 5.74) is 0.957. The molecule has 6 rings (SSSR count). The maximum Gasteiger partial charge on any atom is 0.586 e. The van der Waals surface area contributed by atoms with Gasteiger partial charge in [-0.15, -0.1) is 8.78 Å². The molecular formula is C25H24F2N4O6. The van der Waals surface area contributed by atoms with Crippen molar-refractivity contribution in [1.29, 1.82) is 0 Å². The molecule has 0 radical (unpaired) electrons. The zero-order chi connectivity index (χ0) is 25.9. The van der Waals surface area contributed by atoms with Crippen LogP contribution in [0.4, 0.5) is 8.78 Å². The number of aromatic nitrogens is 1. The van der Waals surface area contributed by atoms with Gasteiger partial charge in [0.15, 0.2) is 11.5 Å². The largest absolute Gasteiger partial charge is 0.586 e. The number of rotatable bonds is 4. The van der Waals surface area contributed by atoms with Crippen molar-refractivity contribution in [1.82, 2.24) is 20.1 Å². The smallest absolute Gasteiger partial charge is 0.395 e. The van der Waals surface area contributed by atoms with Crippen molar-refractivity contribution >= 4 is 17.7 Å². The molecule has 4 aliphatic rings. The summed E-state index contributed by atoms with van der Waals surface area (Å²) >= 11 is 0. The molecule has 0 spiro atoms. The second-order valence-corrected chi connectivity index (χ2v) is 9.85. The predicted molar refractivity (Wildman–Crippen MR) is 121 cm³/mol.